The summed E-state index contributed by atoms with van der Waals surface area (Å²) in [4.78, 5) is 24.4. The molecule has 0 aliphatic carbocycles. The number of hydrogen-bond donors (Lipinski definition) is 1. The Labute approximate surface area is 177 Å². The van der Waals surface area contributed by atoms with Crippen LogP contribution in [-0.4, -0.2) is 29.4 Å². The van der Waals surface area contributed by atoms with Gasteiger partial charge in [0.1, 0.15) is 17.2 Å². The third-order valence-electron chi connectivity index (χ3n) is 4.39. The molecule has 0 bridgehead atoms. The second-order valence-corrected chi connectivity index (χ2v) is 6.55. The fourth-order valence-electron chi connectivity index (χ4n) is 2.94. The smallest absolute Gasteiger partial charge is 0.387 e. The lowest BCUT2D eigenvalue weighted by Gasteiger charge is -2.14. The van der Waals surface area contributed by atoms with Crippen molar-refractivity contribution in [3.05, 3.63) is 70.6 Å². The maximum Gasteiger partial charge on any atom is 0.387 e. The van der Waals surface area contributed by atoms with Gasteiger partial charge in [0, 0.05) is 23.9 Å². The Hall–Kier alpha value is -3.75. The molecule has 0 unspecified atom stereocenters. The summed E-state index contributed by atoms with van der Waals surface area (Å²) in [6.07, 6.45) is 0.689. The zero-order valence-corrected chi connectivity index (χ0v) is 17.0. The van der Waals surface area contributed by atoms with Crippen molar-refractivity contribution in [2.24, 2.45) is 0 Å². The summed E-state index contributed by atoms with van der Waals surface area (Å²) in [5, 5.41) is 6.74. The molecule has 7 nitrogen and oxygen atoms in total. The molecule has 0 atom stereocenters. The van der Waals surface area contributed by atoms with Crippen molar-refractivity contribution in [1.29, 1.82) is 0 Å². The number of methoxy groups -OCH3 is 1. The number of rotatable bonds is 8. The molecule has 0 aliphatic heterocycles. The highest BCUT2D eigenvalue weighted by Crippen LogP contribution is 2.34. The topological polar surface area (TPSA) is 82.5 Å². The Kier molecular flexibility index (Phi) is 6.96. The first-order valence-corrected chi connectivity index (χ1v) is 9.54. The number of hydrogen-bond acceptors (Lipinski definition) is 5. The first kappa shape index (κ1) is 21.9. The number of nitrogens with one attached hydrogen (secondary N) is 1. The molecule has 1 amide bonds. The van der Waals surface area contributed by atoms with Gasteiger partial charge in [-0.25, -0.2) is 4.68 Å². The Morgan fingerprint density at radius 1 is 1.13 bits per heavy atom. The molecule has 1 aromatic heterocycles. The van der Waals surface area contributed by atoms with Crippen LogP contribution in [0.4, 0.5) is 14.5 Å². The lowest BCUT2D eigenvalue weighted by Crippen LogP contribution is -2.26. The van der Waals surface area contributed by atoms with Crippen LogP contribution < -0.4 is 20.3 Å². The normalized spacial score (nSPS) is 10.7. The van der Waals surface area contributed by atoms with Crippen molar-refractivity contribution in [2.45, 2.75) is 26.5 Å². The van der Waals surface area contributed by atoms with Gasteiger partial charge in [0.05, 0.1) is 7.11 Å². The molecule has 0 fully saturated rings. The average molecular weight is 429 g/mol. The predicted molar refractivity (Wildman–Crippen MR) is 112 cm³/mol. The fraction of sp³-hybridized carbons (Fsp3) is 0.227. The van der Waals surface area contributed by atoms with E-state index >= 15 is 0 Å². The number of carbonyl (C=O) groups excluding carboxylic acids is 1. The van der Waals surface area contributed by atoms with Crippen LogP contribution in [0.3, 0.4) is 0 Å². The number of anilines is 1. The predicted octanol–water partition coefficient (Wildman–Crippen LogP) is 4.18. The highest BCUT2D eigenvalue weighted by Gasteiger charge is 2.15. The summed E-state index contributed by atoms with van der Waals surface area (Å²) >= 11 is 0. The first-order valence-electron chi connectivity index (χ1n) is 9.54. The van der Waals surface area contributed by atoms with Crippen molar-refractivity contribution >= 4 is 11.6 Å². The van der Waals surface area contributed by atoms with Crippen LogP contribution in [-0.2, 0) is 6.54 Å². The van der Waals surface area contributed by atoms with Gasteiger partial charge in [-0.1, -0.05) is 19.1 Å². The Morgan fingerprint density at radius 3 is 2.52 bits per heavy atom. The van der Waals surface area contributed by atoms with Gasteiger partial charge in [-0.2, -0.15) is 13.9 Å². The van der Waals surface area contributed by atoms with E-state index in [9.17, 15) is 18.4 Å². The molecule has 31 heavy (non-hydrogen) atoms. The minimum Gasteiger partial charge on any atom is -0.497 e. The van der Waals surface area contributed by atoms with Gasteiger partial charge in [-0.3, -0.25) is 9.59 Å². The summed E-state index contributed by atoms with van der Waals surface area (Å²) in [7, 11) is 1.52. The summed E-state index contributed by atoms with van der Waals surface area (Å²) < 4.78 is 36.7. The van der Waals surface area contributed by atoms with Gasteiger partial charge < -0.3 is 14.8 Å². The summed E-state index contributed by atoms with van der Waals surface area (Å²) in [5.74, 6) is 0.0404. The standard InChI is InChI=1S/C22H21F2N3O4/c1-3-12-27-20(28)11-9-18(26-27)21(29)25-15-6-10-19(31-22(23)24)17(13-15)14-4-7-16(30-2)8-5-14/h4-11,13,22H,3,12H2,1-2H3,(H,25,29). The summed E-state index contributed by atoms with van der Waals surface area (Å²) in [6, 6.07) is 13.7. The van der Waals surface area contributed by atoms with Gasteiger partial charge in [0.25, 0.3) is 11.5 Å². The van der Waals surface area contributed by atoms with Crippen LogP contribution in [0.5, 0.6) is 11.5 Å². The van der Waals surface area contributed by atoms with E-state index in [4.69, 9.17) is 4.74 Å². The van der Waals surface area contributed by atoms with Crippen LogP contribution in [0.1, 0.15) is 23.8 Å². The molecule has 0 saturated heterocycles. The van der Waals surface area contributed by atoms with Crippen LogP contribution in [0.2, 0.25) is 0 Å². The van der Waals surface area contributed by atoms with E-state index in [0.29, 0.717) is 35.5 Å². The number of amides is 1. The number of aryl methyl sites for hydroxylation is 1. The van der Waals surface area contributed by atoms with Crippen LogP contribution in [0, 0.1) is 0 Å². The number of ether oxygens (including phenoxy) is 2. The fourth-order valence-corrected chi connectivity index (χ4v) is 2.94. The maximum absolute atomic E-state index is 12.9. The van der Waals surface area contributed by atoms with Crippen molar-refractivity contribution < 1.29 is 23.0 Å². The molecular weight excluding hydrogens is 408 g/mol. The van der Waals surface area contributed by atoms with Crippen LogP contribution in [0.15, 0.2) is 59.4 Å². The van der Waals surface area contributed by atoms with Gasteiger partial charge in [0.2, 0.25) is 0 Å². The van der Waals surface area contributed by atoms with E-state index in [1.54, 1.807) is 24.3 Å². The van der Waals surface area contributed by atoms with E-state index < -0.39 is 12.5 Å². The van der Waals surface area contributed by atoms with E-state index in [1.165, 1.54) is 42.1 Å². The second-order valence-electron chi connectivity index (χ2n) is 6.55. The molecule has 9 heteroatoms. The van der Waals surface area contributed by atoms with Crippen molar-refractivity contribution in [1.82, 2.24) is 9.78 Å². The molecular formula is C22H21F2N3O4. The molecule has 0 radical (unpaired) electrons. The molecule has 2 aromatic carbocycles. The van der Waals surface area contributed by atoms with Crippen molar-refractivity contribution in [3.8, 4) is 22.6 Å². The second kappa shape index (κ2) is 9.84. The van der Waals surface area contributed by atoms with Crippen LogP contribution >= 0.6 is 0 Å². The number of nitrogens with zero attached hydrogens (tertiary/aromatic N) is 2. The number of alkyl halides is 2. The van der Waals surface area contributed by atoms with Gasteiger partial charge >= 0.3 is 6.61 Å². The molecule has 1 heterocycles. The van der Waals surface area contributed by atoms with E-state index in [0.717, 1.165) is 0 Å². The maximum atomic E-state index is 12.9. The monoisotopic (exact) mass is 429 g/mol. The molecule has 0 aliphatic rings. The Morgan fingerprint density at radius 2 is 1.87 bits per heavy atom. The van der Waals surface area contributed by atoms with E-state index in [2.05, 4.69) is 15.2 Å². The van der Waals surface area contributed by atoms with Crippen molar-refractivity contribution in [2.75, 3.05) is 12.4 Å². The molecule has 0 spiro atoms. The van der Waals surface area contributed by atoms with Crippen LogP contribution in [0.25, 0.3) is 11.1 Å². The number of benzene rings is 2. The molecule has 162 valence electrons. The average Bonchev–Trinajstić information content (AvgIpc) is 2.76. The van der Waals surface area contributed by atoms with E-state index in [-0.39, 0.29) is 17.0 Å². The zero-order chi connectivity index (χ0) is 22.4. The third-order valence-corrected chi connectivity index (χ3v) is 4.39. The molecule has 0 saturated carbocycles. The van der Waals surface area contributed by atoms with Gasteiger partial charge in [0.15, 0.2) is 0 Å². The molecule has 3 aromatic rings. The zero-order valence-electron chi connectivity index (χ0n) is 17.0. The SMILES string of the molecule is CCCn1nc(C(=O)Nc2ccc(OC(F)F)c(-c3ccc(OC)cc3)c2)ccc1=O. The quantitative estimate of drug-likeness (QED) is 0.581. The van der Waals surface area contributed by atoms with Crippen molar-refractivity contribution in [3.63, 3.8) is 0 Å². The lowest BCUT2D eigenvalue weighted by atomic mass is 10.0. The van der Waals surface area contributed by atoms with Gasteiger partial charge in [-0.05, 0) is 48.4 Å². The minimum atomic E-state index is -3.00. The summed E-state index contributed by atoms with van der Waals surface area (Å²) in [6.45, 7) is -0.715. The van der Waals surface area contributed by atoms with Gasteiger partial charge in [-0.15, -0.1) is 0 Å². The number of halogens is 2. The first-order chi connectivity index (χ1) is 14.9. The molecule has 3 rings (SSSR count). The highest BCUT2D eigenvalue weighted by molar-refractivity contribution is 6.03. The number of carbonyl (C=O) groups is 1. The lowest BCUT2D eigenvalue weighted by molar-refractivity contribution is -0.0494. The Balaban J connectivity index is 1.92. The number of aromatic nitrogens is 2. The Bertz CT molecular complexity index is 1110. The van der Waals surface area contributed by atoms with E-state index in [1.807, 2.05) is 6.92 Å². The summed E-state index contributed by atoms with van der Waals surface area (Å²) in [5.41, 5.74) is 1.08. The molecule has 1 N–H and O–H groups in total. The largest absolute Gasteiger partial charge is 0.497 e. The third kappa shape index (κ3) is 5.44. The minimum absolute atomic E-state index is 0.0345. The highest BCUT2D eigenvalue weighted by atomic mass is 19.3.